The Morgan fingerprint density at radius 2 is 1.63 bits per heavy atom. The van der Waals surface area contributed by atoms with Crippen molar-refractivity contribution in [3.05, 3.63) is 99.4 Å². The lowest BCUT2D eigenvalue weighted by Gasteiger charge is -2.23. The number of nitriles is 1. The minimum Gasteiger partial charge on any atom is -0.367 e. The maximum absolute atomic E-state index is 12.8. The topological polar surface area (TPSA) is 61.2 Å². The summed E-state index contributed by atoms with van der Waals surface area (Å²) in [5.74, 6) is 0. The third kappa shape index (κ3) is 5.18. The van der Waals surface area contributed by atoms with E-state index in [0.717, 1.165) is 23.2 Å². The van der Waals surface area contributed by atoms with E-state index in [9.17, 15) is 13.7 Å². The molecule has 0 aromatic heterocycles. The van der Waals surface area contributed by atoms with Crippen molar-refractivity contribution >= 4 is 37.5 Å². The Labute approximate surface area is 186 Å². The smallest absolute Gasteiger partial charge is 0.216 e. The predicted octanol–water partition coefficient (Wildman–Crippen LogP) is 5.81. The van der Waals surface area contributed by atoms with Gasteiger partial charge in [0.15, 0.2) is 0 Å². The van der Waals surface area contributed by atoms with Crippen molar-refractivity contribution in [3.63, 3.8) is 0 Å². The number of hydrogen-bond donors (Lipinski definition) is 0. The molecule has 0 fully saturated rings. The van der Waals surface area contributed by atoms with Gasteiger partial charge in [0.05, 0.1) is 4.90 Å². The number of sulfone groups is 1. The summed E-state index contributed by atoms with van der Waals surface area (Å²) in [6, 6.07) is 25.8. The molecule has 0 radical (unpaired) electrons. The van der Waals surface area contributed by atoms with Crippen LogP contribution in [0, 0.1) is 11.3 Å². The first-order chi connectivity index (χ1) is 14.4. The van der Waals surface area contributed by atoms with E-state index in [2.05, 4.69) is 39.9 Å². The first-order valence-corrected chi connectivity index (χ1v) is 11.7. The molecule has 4 nitrogen and oxygen atoms in total. The van der Waals surface area contributed by atoms with Crippen LogP contribution in [0.4, 0.5) is 5.69 Å². The van der Waals surface area contributed by atoms with Crippen LogP contribution in [0.5, 0.6) is 0 Å². The Kier molecular flexibility index (Phi) is 7.09. The molecule has 0 spiro atoms. The van der Waals surface area contributed by atoms with E-state index in [1.54, 1.807) is 12.1 Å². The van der Waals surface area contributed by atoms with Gasteiger partial charge in [0.1, 0.15) is 11.0 Å². The lowest BCUT2D eigenvalue weighted by Crippen LogP contribution is -2.21. The van der Waals surface area contributed by atoms with Crippen LogP contribution in [0.3, 0.4) is 0 Å². The number of rotatable bonds is 7. The molecule has 0 unspecified atom stereocenters. The zero-order chi connectivity index (χ0) is 21.6. The lowest BCUT2D eigenvalue weighted by molar-refractivity contribution is 0.603. The summed E-state index contributed by atoms with van der Waals surface area (Å²) in [4.78, 5) is 2.04. The van der Waals surface area contributed by atoms with Crippen molar-refractivity contribution in [3.8, 4) is 6.07 Å². The van der Waals surface area contributed by atoms with Crippen LogP contribution in [-0.4, -0.2) is 15.0 Å². The normalized spacial score (nSPS) is 11.7. The average molecular weight is 481 g/mol. The van der Waals surface area contributed by atoms with E-state index in [-0.39, 0.29) is 9.80 Å². The van der Waals surface area contributed by atoms with E-state index in [1.807, 2.05) is 48.5 Å². The van der Waals surface area contributed by atoms with Gasteiger partial charge in [-0.2, -0.15) is 5.26 Å². The number of hydrogen-bond acceptors (Lipinski definition) is 4. The van der Waals surface area contributed by atoms with Crippen molar-refractivity contribution in [2.45, 2.75) is 18.4 Å². The summed E-state index contributed by atoms with van der Waals surface area (Å²) < 4.78 is 26.4. The second-order valence-electron chi connectivity index (χ2n) is 6.67. The van der Waals surface area contributed by atoms with Gasteiger partial charge < -0.3 is 4.90 Å². The van der Waals surface area contributed by atoms with Crippen molar-refractivity contribution in [1.82, 2.24) is 0 Å². The SMILES string of the molecule is CCN(Cc1ccccc1)c1ccc(/C=C(\C#N)S(=O)(=O)c2ccc(Br)cc2)cc1. The Balaban J connectivity index is 1.84. The van der Waals surface area contributed by atoms with Gasteiger partial charge in [-0.1, -0.05) is 58.4 Å². The molecule has 0 N–H and O–H groups in total. The zero-order valence-electron chi connectivity index (χ0n) is 16.5. The average Bonchev–Trinajstić information content (AvgIpc) is 2.77. The third-order valence-electron chi connectivity index (χ3n) is 4.68. The second-order valence-corrected chi connectivity index (χ2v) is 9.50. The molecule has 0 saturated heterocycles. The first-order valence-electron chi connectivity index (χ1n) is 9.45. The predicted molar refractivity (Wildman–Crippen MR) is 125 cm³/mol. The maximum Gasteiger partial charge on any atom is 0.216 e. The molecule has 3 rings (SSSR count). The highest BCUT2D eigenvalue weighted by molar-refractivity contribution is 9.10. The number of halogens is 1. The molecule has 30 heavy (non-hydrogen) atoms. The maximum atomic E-state index is 12.8. The minimum absolute atomic E-state index is 0.0927. The van der Waals surface area contributed by atoms with Gasteiger partial charge in [-0.05, 0) is 60.5 Å². The molecule has 0 aliphatic heterocycles. The Hall–Kier alpha value is -2.88. The molecule has 0 aliphatic rings. The fourth-order valence-electron chi connectivity index (χ4n) is 3.03. The minimum atomic E-state index is -3.87. The summed E-state index contributed by atoms with van der Waals surface area (Å²) in [6.07, 6.45) is 1.41. The standard InChI is InChI=1S/C24H21BrN2O2S/c1-2-27(18-20-6-4-3-5-7-20)22-12-8-19(9-13-22)16-24(17-26)30(28,29)23-14-10-21(25)11-15-23/h3-16H,2,18H2,1H3/b24-16+. The first kappa shape index (κ1) is 21.8. The fourth-order valence-corrected chi connectivity index (χ4v) is 4.46. The summed E-state index contributed by atoms with van der Waals surface area (Å²) >= 11 is 3.29. The molecule has 0 amide bonds. The Morgan fingerprint density at radius 3 is 2.20 bits per heavy atom. The van der Waals surface area contributed by atoms with Gasteiger partial charge >= 0.3 is 0 Å². The molecule has 152 valence electrons. The van der Waals surface area contributed by atoms with Gasteiger partial charge in [0.2, 0.25) is 9.84 Å². The molecule has 3 aromatic rings. The van der Waals surface area contributed by atoms with Crippen LogP contribution in [0.25, 0.3) is 6.08 Å². The molecule has 0 saturated carbocycles. The van der Waals surface area contributed by atoms with Crippen LogP contribution >= 0.6 is 15.9 Å². The van der Waals surface area contributed by atoms with Crippen LogP contribution in [-0.2, 0) is 16.4 Å². The quantitative estimate of drug-likeness (QED) is 0.400. The van der Waals surface area contributed by atoms with Crippen LogP contribution < -0.4 is 4.90 Å². The Morgan fingerprint density at radius 1 is 1.00 bits per heavy atom. The lowest BCUT2D eigenvalue weighted by atomic mass is 10.1. The molecular formula is C24H21BrN2O2S. The highest BCUT2D eigenvalue weighted by Crippen LogP contribution is 2.24. The fraction of sp³-hybridized carbons (Fsp3) is 0.125. The molecule has 6 heteroatoms. The van der Waals surface area contributed by atoms with E-state index < -0.39 is 9.84 Å². The molecule has 0 bridgehead atoms. The summed E-state index contributed by atoms with van der Waals surface area (Å²) in [5.41, 5.74) is 2.91. The monoisotopic (exact) mass is 480 g/mol. The van der Waals surface area contributed by atoms with E-state index in [4.69, 9.17) is 0 Å². The zero-order valence-corrected chi connectivity index (χ0v) is 18.9. The van der Waals surface area contributed by atoms with Crippen molar-refractivity contribution in [2.75, 3.05) is 11.4 Å². The summed E-state index contributed by atoms with van der Waals surface area (Å²) in [7, 11) is -3.87. The van der Waals surface area contributed by atoms with Gasteiger partial charge in [-0.25, -0.2) is 8.42 Å². The van der Waals surface area contributed by atoms with Gasteiger partial charge in [-0.3, -0.25) is 0 Å². The highest BCUT2D eigenvalue weighted by Gasteiger charge is 2.20. The largest absolute Gasteiger partial charge is 0.367 e. The van der Waals surface area contributed by atoms with Gasteiger partial charge in [0, 0.05) is 23.2 Å². The molecular weight excluding hydrogens is 460 g/mol. The third-order valence-corrected chi connectivity index (χ3v) is 6.89. The van der Waals surface area contributed by atoms with E-state index in [0.29, 0.717) is 5.56 Å². The van der Waals surface area contributed by atoms with Gasteiger partial charge in [-0.15, -0.1) is 0 Å². The highest BCUT2D eigenvalue weighted by atomic mass is 79.9. The molecule has 0 heterocycles. The molecule has 0 aliphatic carbocycles. The van der Waals surface area contributed by atoms with Crippen LogP contribution in [0.2, 0.25) is 0 Å². The number of allylic oxidation sites excluding steroid dienone is 1. The molecule has 3 aromatic carbocycles. The van der Waals surface area contributed by atoms with Crippen molar-refractivity contribution in [2.24, 2.45) is 0 Å². The molecule has 0 atom stereocenters. The van der Waals surface area contributed by atoms with Crippen molar-refractivity contribution < 1.29 is 8.42 Å². The van der Waals surface area contributed by atoms with Crippen LogP contribution in [0.15, 0.2) is 93.1 Å². The van der Waals surface area contributed by atoms with Crippen LogP contribution in [0.1, 0.15) is 18.1 Å². The number of benzene rings is 3. The summed E-state index contributed by atoms with van der Waals surface area (Å²) in [6.45, 7) is 3.72. The Bertz CT molecular complexity index is 1160. The van der Waals surface area contributed by atoms with Crippen molar-refractivity contribution in [1.29, 1.82) is 5.26 Å². The van der Waals surface area contributed by atoms with E-state index in [1.165, 1.54) is 23.8 Å². The second kappa shape index (κ2) is 9.75. The number of nitrogens with zero attached hydrogens (tertiary/aromatic N) is 2. The van der Waals surface area contributed by atoms with Gasteiger partial charge in [0.25, 0.3) is 0 Å². The number of anilines is 1. The van der Waals surface area contributed by atoms with E-state index >= 15 is 0 Å². The summed E-state index contributed by atoms with van der Waals surface area (Å²) in [5, 5.41) is 9.47.